The molecule has 0 heterocycles. The summed E-state index contributed by atoms with van der Waals surface area (Å²) in [6.45, 7) is 0.348. The number of urea groups is 1. The Hall–Kier alpha value is -2.00. The lowest BCUT2D eigenvalue weighted by atomic mass is 10.2. The van der Waals surface area contributed by atoms with Crippen LogP contribution in [-0.2, 0) is 11.0 Å². The number of carboxylic acid groups (broad SMARTS) is 1. The molecule has 0 fully saturated rings. The Kier molecular flexibility index (Phi) is 6.67. The number of alkyl halides is 3. The van der Waals surface area contributed by atoms with Crippen LogP contribution in [0.3, 0.4) is 0 Å². The first-order valence-corrected chi connectivity index (χ1v) is 7.62. The Morgan fingerprint density at radius 2 is 1.88 bits per heavy atom. The highest BCUT2D eigenvalue weighted by Crippen LogP contribution is 2.33. The summed E-state index contributed by atoms with van der Waals surface area (Å²) in [5, 5.41) is 13.5. The van der Waals surface area contributed by atoms with Gasteiger partial charge in [0.2, 0.25) is 0 Å². The minimum atomic E-state index is -4.54. The summed E-state index contributed by atoms with van der Waals surface area (Å²) in [7, 11) is 5.50. The lowest BCUT2D eigenvalue weighted by molar-refractivity contribution is -0.871. The largest absolute Gasteiger partial charge is 0.481 e. The quantitative estimate of drug-likeness (QED) is 0.662. The number of quaternary nitrogens is 1. The van der Waals surface area contributed by atoms with Gasteiger partial charge in [0.1, 0.15) is 0 Å². The molecule has 2 amide bonds. The third kappa shape index (κ3) is 7.61. The van der Waals surface area contributed by atoms with E-state index in [1.54, 1.807) is 0 Å². The van der Waals surface area contributed by atoms with Crippen LogP contribution >= 0.6 is 11.6 Å². The summed E-state index contributed by atoms with van der Waals surface area (Å²) in [4.78, 5) is 22.9. The van der Waals surface area contributed by atoms with Crippen molar-refractivity contribution in [3.8, 4) is 0 Å². The standard InChI is InChI=1S/C15H19ClF3N3O3/c1-22(2,3)8-10(7-13(23)24)20-14(25)21-12-5-4-9(6-11(12)16)15(17,18)19/h4-6,10H,7-8H2,1-3H3,(H2-,20,21,23,24,25)/p+1. The highest BCUT2D eigenvalue weighted by molar-refractivity contribution is 6.33. The van der Waals surface area contributed by atoms with Crippen molar-refractivity contribution in [2.45, 2.75) is 18.6 Å². The van der Waals surface area contributed by atoms with Crippen molar-refractivity contribution in [1.82, 2.24) is 5.32 Å². The van der Waals surface area contributed by atoms with Crippen molar-refractivity contribution in [1.29, 1.82) is 0 Å². The Morgan fingerprint density at radius 1 is 1.28 bits per heavy atom. The SMILES string of the molecule is C[N+](C)(C)CC(CC(=O)O)NC(=O)Nc1ccc(C(F)(F)F)cc1Cl. The zero-order valence-corrected chi connectivity index (χ0v) is 14.7. The van der Waals surface area contributed by atoms with Crippen LogP contribution in [0.4, 0.5) is 23.7 Å². The number of carbonyl (C=O) groups is 2. The molecule has 1 unspecified atom stereocenters. The number of aliphatic carboxylic acids is 1. The molecule has 0 aromatic heterocycles. The topological polar surface area (TPSA) is 78.4 Å². The van der Waals surface area contributed by atoms with E-state index in [9.17, 15) is 22.8 Å². The van der Waals surface area contributed by atoms with Gasteiger partial charge < -0.3 is 20.2 Å². The molecule has 0 radical (unpaired) electrons. The number of carbonyl (C=O) groups excluding carboxylic acids is 1. The second-order valence-electron chi connectivity index (χ2n) is 6.56. The van der Waals surface area contributed by atoms with Gasteiger partial charge in [0, 0.05) is 0 Å². The zero-order valence-electron chi connectivity index (χ0n) is 13.9. The number of benzene rings is 1. The van der Waals surface area contributed by atoms with Gasteiger partial charge in [0.15, 0.2) is 0 Å². The summed E-state index contributed by atoms with van der Waals surface area (Å²) >= 11 is 5.77. The molecule has 0 aliphatic rings. The van der Waals surface area contributed by atoms with Crippen molar-refractivity contribution >= 4 is 29.3 Å². The van der Waals surface area contributed by atoms with Crippen LogP contribution in [0.25, 0.3) is 0 Å². The van der Waals surface area contributed by atoms with Crippen LogP contribution in [0.2, 0.25) is 5.02 Å². The first-order chi connectivity index (χ1) is 11.3. The van der Waals surface area contributed by atoms with E-state index >= 15 is 0 Å². The molecule has 0 aliphatic heterocycles. The van der Waals surface area contributed by atoms with E-state index in [1.165, 1.54) is 0 Å². The monoisotopic (exact) mass is 382 g/mol. The highest BCUT2D eigenvalue weighted by Gasteiger charge is 2.31. The predicted molar refractivity (Wildman–Crippen MR) is 87.5 cm³/mol. The molecule has 25 heavy (non-hydrogen) atoms. The van der Waals surface area contributed by atoms with Crippen molar-refractivity contribution in [3.63, 3.8) is 0 Å². The molecule has 1 rings (SSSR count). The minimum absolute atomic E-state index is 0.00788. The zero-order chi connectivity index (χ0) is 19.4. The third-order valence-electron chi connectivity index (χ3n) is 3.07. The molecule has 6 nitrogen and oxygen atoms in total. The van der Waals surface area contributed by atoms with Gasteiger partial charge in [-0.25, -0.2) is 4.79 Å². The molecule has 10 heteroatoms. The number of nitrogens with zero attached hydrogens (tertiary/aromatic N) is 1. The van der Waals surface area contributed by atoms with E-state index in [4.69, 9.17) is 16.7 Å². The Labute approximate surface area is 148 Å². The first-order valence-electron chi connectivity index (χ1n) is 7.24. The number of amides is 2. The van der Waals surface area contributed by atoms with Crippen molar-refractivity contribution in [2.24, 2.45) is 0 Å². The number of carboxylic acids is 1. The third-order valence-corrected chi connectivity index (χ3v) is 3.38. The molecule has 3 N–H and O–H groups in total. The molecule has 1 atom stereocenters. The molecule has 1 aromatic carbocycles. The molecule has 0 spiro atoms. The molecule has 0 saturated carbocycles. The summed E-state index contributed by atoms with van der Waals surface area (Å²) in [6.07, 6.45) is -4.83. The summed E-state index contributed by atoms with van der Waals surface area (Å²) in [5.41, 5.74) is -0.941. The molecule has 0 bridgehead atoms. The predicted octanol–water partition coefficient (Wildman–Crippen LogP) is 3.03. The second-order valence-corrected chi connectivity index (χ2v) is 6.97. The number of halogens is 4. The Balaban J connectivity index is 2.81. The number of hydrogen-bond acceptors (Lipinski definition) is 2. The number of anilines is 1. The maximum absolute atomic E-state index is 12.6. The van der Waals surface area contributed by atoms with Gasteiger partial charge in [0.05, 0.1) is 56.4 Å². The lowest BCUT2D eigenvalue weighted by Crippen LogP contribution is -2.50. The number of nitrogens with one attached hydrogen (secondary N) is 2. The van der Waals surface area contributed by atoms with Crippen LogP contribution in [0.15, 0.2) is 18.2 Å². The van der Waals surface area contributed by atoms with Crippen molar-refractivity contribution < 1.29 is 32.3 Å². The summed E-state index contributed by atoms with van der Waals surface area (Å²) < 4.78 is 38.2. The van der Waals surface area contributed by atoms with Crippen LogP contribution in [0.5, 0.6) is 0 Å². The molecule has 0 saturated heterocycles. The van der Waals surface area contributed by atoms with Gasteiger partial charge >= 0.3 is 18.2 Å². The highest BCUT2D eigenvalue weighted by atomic mass is 35.5. The van der Waals surface area contributed by atoms with Gasteiger partial charge in [-0.2, -0.15) is 13.2 Å². The van der Waals surface area contributed by atoms with Crippen molar-refractivity contribution in [3.05, 3.63) is 28.8 Å². The maximum atomic E-state index is 12.6. The summed E-state index contributed by atoms with van der Waals surface area (Å²) in [6, 6.07) is 1.13. The normalized spacial score (nSPS) is 13.2. The van der Waals surface area contributed by atoms with E-state index in [2.05, 4.69) is 10.6 Å². The fraction of sp³-hybridized carbons (Fsp3) is 0.467. The van der Waals surface area contributed by atoms with Crippen LogP contribution in [-0.4, -0.2) is 55.3 Å². The molecular formula is C15H20ClF3N3O3+. The Morgan fingerprint density at radius 3 is 2.32 bits per heavy atom. The minimum Gasteiger partial charge on any atom is -0.481 e. The number of likely N-dealkylation sites (N-methyl/N-ethyl adjacent to an activating group) is 1. The van der Waals surface area contributed by atoms with E-state index in [1.807, 2.05) is 21.1 Å². The fourth-order valence-electron chi connectivity index (χ4n) is 2.17. The fourth-order valence-corrected chi connectivity index (χ4v) is 2.40. The van der Waals surface area contributed by atoms with Gasteiger partial charge in [-0.3, -0.25) is 4.79 Å². The number of hydrogen-bond donors (Lipinski definition) is 3. The first kappa shape index (κ1) is 21.0. The van der Waals surface area contributed by atoms with E-state index in [0.29, 0.717) is 17.1 Å². The molecule has 140 valence electrons. The van der Waals surface area contributed by atoms with Gasteiger partial charge in [-0.1, -0.05) is 11.6 Å². The summed E-state index contributed by atoms with van der Waals surface area (Å²) in [5.74, 6) is -1.08. The number of rotatable bonds is 6. The van der Waals surface area contributed by atoms with Gasteiger partial charge in [-0.05, 0) is 18.2 Å². The molecule has 1 aromatic rings. The van der Waals surface area contributed by atoms with Crippen LogP contribution in [0, 0.1) is 0 Å². The molecule has 0 aliphatic carbocycles. The van der Waals surface area contributed by atoms with Gasteiger partial charge in [0.25, 0.3) is 0 Å². The van der Waals surface area contributed by atoms with E-state index in [0.717, 1.165) is 12.1 Å². The van der Waals surface area contributed by atoms with Gasteiger partial charge in [-0.15, -0.1) is 0 Å². The van der Waals surface area contributed by atoms with Crippen LogP contribution < -0.4 is 10.6 Å². The second kappa shape index (κ2) is 7.92. The van der Waals surface area contributed by atoms with Crippen molar-refractivity contribution in [2.75, 3.05) is 33.0 Å². The van der Waals surface area contributed by atoms with Crippen LogP contribution in [0.1, 0.15) is 12.0 Å². The smallest absolute Gasteiger partial charge is 0.416 e. The average molecular weight is 383 g/mol. The van der Waals surface area contributed by atoms with E-state index < -0.39 is 29.8 Å². The van der Waals surface area contributed by atoms with E-state index in [-0.39, 0.29) is 17.1 Å². The maximum Gasteiger partial charge on any atom is 0.416 e. The molecular weight excluding hydrogens is 363 g/mol. The lowest BCUT2D eigenvalue weighted by Gasteiger charge is -2.29. The average Bonchev–Trinajstić information content (AvgIpc) is 2.36. The Bertz CT molecular complexity index is 645.